The molecule has 0 aromatic heterocycles. The molecule has 1 nitrogen and oxygen atoms in total. The van der Waals surface area contributed by atoms with E-state index in [2.05, 4.69) is 4.74 Å². The van der Waals surface area contributed by atoms with Gasteiger partial charge in [-0.15, -0.1) is 11.6 Å². The van der Waals surface area contributed by atoms with Crippen molar-refractivity contribution in [2.45, 2.75) is 18.4 Å². The molecule has 0 radical (unpaired) electrons. The Balaban J connectivity index is 2.13. The molecule has 1 unspecified atom stereocenters. The van der Waals surface area contributed by atoms with Crippen LogP contribution in [0.4, 0.5) is 8.78 Å². The lowest BCUT2D eigenvalue weighted by Crippen LogP contribution is -2.03. The van der Waals surface area contributed by atoms with Crippen molar-refractivity contribution in [3.8, 4) is 5.75 Å². The van der Waals surface area contributed by atoms with Gasteiger partial charge < -0.3 is 4.74 Å². The van der Waals surface area contributed by atoms with E-state index < -0.39 is 6.61 Å². The molecule has 5 heteroatoms. The van der Waals surface area contributed by atoms with Gasteiger partial charge in [-0.2, -0.15) is 8.78 Å². The molecule has 20 heavy (non-hydrogen) atoms. The zero-order valence-corrected chi connectivity index (χ0v) is 11.9. The van der Waals surface area contributed by atoms with E-state index in [1.165, 1.54) is 12.1 Å². The first-order valence-corrected chi connectivity index (χ1v) is 6.80. The molecule has 0 saturated heterocycles. The Hall–Kier alpha value is -1.32. The third-order valence-corrected chi connectivity index (χ3v) is 3.58. The minimum atomic E-state index is -2.84. The molecule has 2 aromatic carbocycles. The number of hydrogen-bond acceptors (Lipinski definition) is 1. The third-order valence-electron chi connectivity index (χ3n) is 2.80. The van der Waals surface area contributed by atoms with Crippen LogP contribution in [0, 0.1) is 0 Å². The highest BCUT2D eigenvalue weighted by molar-refractivity contribution is 6.31. The number of hydrogen-bond donors (Lipinski definition) is 0. The zero-order chi connectivity index (χ0) is 14.5. The van der Waals surface area contributed by atoms with Crippen LogP contribution < -0.4 is 4.74 Å². The SMILES string of the molecule is FC(F)Oc1cccc(C(Cl)Cc2ccccc2Cl)c1. The van der Waals surface area contributed by atoms with Gasteiger partial charge in [0.25, 0.3) is 0 Å². The molecule has 0 bridgehead atoms. The lowest BCUT2D eigenvalue weighted by atomic mass is 10.0. The molecule has 0 saturated carbocycles. The van der Waals surface area contributed by atoms with Gasteiger partial charge in [-0.3, -0.25) is 0 Å². The van der Waals surface area contributed by atoms with Crippen molar-refractivity contribution >= 4 is 23.2 Å². The number of rotatable bonds is 5. The number of halogens is 4. The highest BCUT2D eigenvalue weighted by atomic mass is 35.5. The van der Waals surface area contributed by atoms with E-state index in [1.807, 2.05) is 18.2 Å². The van der Waals surface area contributed by atoms with Crippen molar-refractivity contribution in [3.63, 3.8) is 0 Å². The minimum absolute atomic E-state index is 0.0994. The summed E-state index contributed by atoms with van der Waals surface area (Å²) in [4.78, 5) is 0. The van der Waals surface area contributed by atoms with Crippen molar-refractivity contribution in [2.24, 2.45) is 0 Å². The Morgan fingerprint density at radius 3 is 2.50 bits per heavy atom. The average Bonchev–Trinajstić information content (AvgIpc) is 2.41. The van der Waals surface area contributed by atoms with E-state index >= 15 is 0 Å². The fraction of sp³-hybridized carbons (Fsp3) is 0.200. The fourth-order valence-electron chi connectivity index (χ4n) is 1.86. The molecule has 0 aliphatic heterocycles. The third kappa shape index (κ3) is 4.09. The maximum absolute atomic E-state index is 12.2. The summed E-state index contributed by atoms with van der Waals surface area (Å²) in [5.41, 5.74) is 1.62. The van der Waals surface area contributed by atoms with E-state index in [-0.39, 0.29) is 11.1 Å². The van der Waals surface area contributed by atoms with Crippen molar-refractivity contribution in [2.75, 3.05) is 0 Å². The second-order valence-electron chi connectivity index (χ2n) is 4.21. The molecule has 0 fully saturated rings. The molecular formula is C15H12Cl2F2O. The molecule has 0 spiro atoms. The summed E-state index contributed by atoms with van der Waals surface area (Å²) >= 11 is 12.4. The van der Waals surface area contributed by atoms with Crippen LogP contribution in [0.25, 0.3) is 0 Å². The maximum atomic E-state index is 12.2. The predicted molar refractivity (Wildman–Crippen MR) is 76.8 cm³/mol. The van der Waals surface area contributed by atoms with E-state index in [4.69, 9.17) is 23.2 Å². The Labute approximate surface area is 126 Å². The van der Waals surface area contributed by atoms with Gasteiger partial charge in [0, 0.05) is 5.02 Å². The van der Waals surface area contributed by atoms with Crippen LogP contribution >= 0.6 is 23.2 Å². The van der Waals surface area contributed by atoms with Crippen LogP contribution in [0.15, 0.2) is 48.5 Å². The second kappa shape index (κ2) is 6.91. The first-order chi connectivity index (χ1) is 9.56. The number of alkyl halides is 3. The Morgan fingerprint density at radius 2 is 1.80 bits per heavy atom. The molecule has 0 aliphatic carbocycles. The summed E-state index contributed by atoms with van der Waals surface area (Å²) in [6.07, 6.45) is 0.513. The summed E-state index contributed by atoms with van der Waals surface area (Å²) in [5, 5.41) is 0.272. The van der Waals surface area contributed by atoms with Crippen molar-refractivity contribution < 1.29 is 13.5 Å². The van der Waals surface area contributed by atoms with E-state index in [9.17, 15) is 8.78 Å². The Bertz CT molecular complexity index is 575. The van der Waals surface area contributed by atoms with Gasteiger partial charge >= 0.3 is 6.61 Å². The van der Waals surface area contributed by atoms with Crippen LogP contribution in [0.3, 0.4) is 0 Å². The van der Waals surface area contributed by atoms with Gasteiger partial charge in [-0.1, -0.05) is 41.9 Å². The van der Waals surface area contributed by atoms with Crippen LogP contribution in [-0.2, 0) is 6.42 Å². The predicted octanol–water partition coefficient (Wildman–Crippen LogP) is 5.46. The van der Waals surface area contributed by atoms with E-state index in [1.54, 1.807) is 18.2 Å². The van der Waals surface area contributed by atoms with Crippen molar-refractivity contribution in [1.29, 1.82) is 0 Å². The van der Waals surface area contributed by atoms with Crippen LogP contribution in [-0.4, -0.2) is 6.61 Å². The first kappa shape index (κ1) is 15.1. The van der Waals surface area contributed by atoms with Crippen LogP contribution in [0.1, 0.15) is 16.5 Å². The van der Waals surface area contributed by atoms with Crippen LogP contribution in [0.2, 0.25) is 5.02 Å². The van der Waals surface area contributed by atoms with Gasteiger partial charge in [0.15, 0.2) is 0 Å². The molecule has 0 amide bonds. The minimum Gasteiger partial charge on any atom is -0.435 e. The van der Waals surface area contributed by atoms with Gasteiger partial charge in [-0.25, -0.2) is 0 Å². The van der Waals surface area contributed by atoms with Crippen LogP contribution in [0.5, 0.6) is 5.75 Å². The molecule has 2 aromatic rings. The topological polar surface area (TPSA) is 9.23 Å². The van der Waals surface area contributed by atoms with Crippen molar-refractivity contribution in [1.82, 2.24) is 0 Å². The Kier molecular flexibility index (Phi) is 5.21. The highest BCUT2D eigenvalue weighted by Gasteiger charge is 2.13. The van der Waals surface area contributed by atoms with E-state index in [0.717, 1.165) is 5.56 Å². The normalized spacial score (nSPS) is 12.4. The summed E-state index contributed by atoms with van der Waals surface area (Å²) in [7, 11) is 0. The zero-order valence-electron chi connectivity index (χ0n) is 10.4. The highest BCUT2D eigenvalue weighted by Crippen LogP contribution is 2.30. The van der Waals surface area contributed by atoms with Gasteiger partial charge in [0.2, 0.25) is 0 Å². The monoisotopic (exact) mass is 316 g/mol. The molecule has 1 atom stereocenters. The number of ether oxygens (including phenoxy) is 1. The standard InChI is InChI=1S/C15H12Cl2F2O/c16-13-7-2-1-4-11(13)9-14(17)10-5-3-6-12(8-10)20-15(18)19/h1-8,14-15H,9H2. The second-order valence-corrected chi connectivity index (χ2v) is 5.15. The molecular weight excluding hydrogens is 305 g/mol. The van der Waals surface area contributed by atoms with Gasteiger partial charge in [0.1, 0.15) is 5.75 Å². The van der Waals surface area contributed by atoms with Crippen molar-refractivity contribution in [3.05, 3.63) is 64.7 Å². The summed E-state index contributed by atoms with van der Waals surface area (Å²) in [6, 6.07) is 13.8. The average molecular weight is 317 g/mol. The molecule has 0 aliphatic rings. The maximum Gasteiger partial charge on any atom is 0.387 e. The lowest BCUT2D eigenvalue weighted by molar-refractivity contribution is -0.0498. The van der Waals surface area contributed by atoms with E-state index in [0.29, 0.717) is 17.0 Å². The van der Waals surface area contributed by atoms with Gasteiger partial charge in [-0.05, 0) is 35.7 Å². The summed E-state index contributed by atoms with van der Waals surface area (Å²) in [5.74, 6) is 0.0994. The molecule has 0 heterocycles. The summed E-state index contributed by atoms with van der Waals surface area (Å²) < 4.78 is 28.7. The number of benzene rings is 2. The quantitative estimate of drug-likeness (QED) is 0.665. The molecule has 106 valence electrons. The van der Waals surface area contributed by atoms with Gasteiger partial charge in [0.05, 0.1) is 5.38 Å². The Morgan fingerprint density at radius 1 is 1.05 bits per heavy atom. The fourth-order valence-corrected chi connectivity index (χ4v) is 2.38. The lowest BCUT2D eigenvalue weighted by Gasteiger charge is -2.13. The first-order valence-electron chi connectivity index (χ1n) is 5.98. The summed E-state index contributed by atoms with van der Waals surface area (Å²) in [6.45, 7) is -2.84. The molecule has 2 rings (SSSR count). The largest absolute Gasteiger partial charge is 0.435 e. The smallest absolute Gasteiger partial charge is 0.387 e. The molecule has 0 N–H and O–H groups in total.